The molecular formula is C10H7Cl2N. The van der Waals surface area contributed by atoms with E-state index >= 15 is 0 Å². The minimum atomic E-state index is -2.14. The third kappa shape index (κ3) is 1.62. The smallest absolute Gasteiger partial charge is 0.131 e. The topological polar surface area (TPSA) is 12.9 Å². The average molecular weight is 215 g/mol. The maximum absolute atomic E-state index is 7.30. The van der Waals surface area contributed by atoms with Gasteiger partial charge in [-0.05, 0) is 25.1 Å². The first-order chi connectivity index (χ1) is 7.38. The van der Waals surface area contributed by atoms with Crippen molar-refractivity contribution in [1.29, 1.82) is 0 Å². The van der Waals surface area contributed by atoms with E-state index in [9.17, 15) is 0 Å². The molecule has 0 saturated heterocycles. The van der Waals surface area contributed by atoms with Crippen LogP contribution in [0.2, 0.25) is 10.2 Å². The number of benzene rings is 1. The minimum absolute atomic E-state index is 0.242. The summed E-state index contributed by atoms with van der Waals surface area (Å²) in [4.78, 5) is 4.06. The van der Waals surface area contributed by atoms with Gasteiger partial charge in [0.1, 0.15) is 5.15 Å². The van der Waals surface area contributed by atoms with Crippen LogP contribution < -0.4 is 0 Å². The summed E-state index contributed by atoms with van der Waals surface area (Å²) < 4.78 is 21.9. The molecule has 1 heterocycles. The van der Waals surface area contributed by atoms with E-state index in [1.807, 2.05) is 0 Å². The number of hydrogen-bond donors (Lipinski definition) is 0. The molecule has 0 amide bonds. The molecule has 2 aromatic rings. The molecule has 3 heteroatoms. The van der Waals surface area contributed by atoms with Crippen LogP contribution in [0.4, 0.5) is 0 Å². The molecule has 0 N–H and O–H groups in total. The second kappa shape index (κ2) is 3.17. The van der Waals surface area contributed by atoms with E-state index in [1.54, 1.807) is 6.07 Å². The fourth-order valence-electron chi connectivity index (χ4n) is 1.15. The highest BCUT2D eigenvalue weighted by Gasteiger charge is 2.02. The summed E-state index contributed by atoms with van der Waals surface area (Å²) in [6.07, 6.45) is 0. The van der Waals surface area contributed by atoms with Gasteiger partial charge in [-0.25, -0.2) is 4.98 Å². The van der Waals surface area contributed by atoms with E-state index in [-0.39, 0.29) is 5.56 Å². The van der Waals surface area contributed by atoms with Crippen molar-refractivity contribution in [2.45, 2.75) is 6.85 Å². The second-order valence-electron chi connectivity index (χ2n) is 2.66. The Bertz CT molecular complexity index is 551. The molecule has 13 heavy (non-hydrogen) atoms. The summed E-state index contributed by atoms with van der Waals surface area (Å²) in [6.45, 7) is -2.14. The van der Waals surface area contributed by atoms with Crippen molar-refractivity contribution in [1.82, 2.24) is 4.98 Å². The predicted molar refractivity (Wildman–Crippen MR) is 56.5 cm³/mol. The lowest BCUT2D eigenvalue weighted by molar-refractivity contribution is 1.39. The van der Waals surface area contributed by atoms with Crippen LogP contribution in [-0.2, 0) is 0 Å². The number of fused-ring (bicyclic) bond motifs is 1. The Kier molecular flexibility index (Phi) is 1.42. The van der Waals surface area contributed by atoms with Gasteiger partial charge in [0.2, 0.25) is 0 Å². The first-order valence-electron chi connectivity index (χ1n) is 5.14. The van der Waals surface area contributed by atoms with E-state index in [0.29, 0.717) is 21.1 Å². The highest BCUT2D eigenvalue weighted by atomic mass is 35.5. The Morgan fingerprint density at radius 3 is 2.92 bits per heavy atom. The van der Waals surface area contributed by atoms with E-state index in [0.717, 1.165) is 0 Å². The summed E-state index contributed by atoms with van der Waals surface area (Å²) in [6, 6.07) is 6.13. The highest BCUT2D eigenvalue weighted by Crippen LogP contribution is 2.25. The van der Waals surface area contributed by atoms with E-state index in [1.165, 1.54) is 18.2 Å². The number of nitrogens with zero attached hydrogens (tertiary/aromatic N) is 1. The Labute approximate surface area is 90.5 Å². The SMILES string of the molecule is [2H]C([2H])([2H])c1ccc2nc(Cl)cc(Cl)c2c1. The van der Waals surface area contributed by atoms with Crippen LogP contribution in [0.5, 0.6) is 0 Å². The molecule has 1 nitrogen and oxygen atoms in total. The molecule has 0 radical (unpaired) electrons. The number of rotatable bonds is 0. The summed E-state index contributed by atoms with van der Waals surface area (Å²) in [5.41, 5.74) is 0.830. The maximum atomic E-state index is 7.30. The van der Waals surface area contributed by atoms with Crippen molar-refractivity contribution in [2.24, 2.45) is 0 Å². The van der Waals surface area contributed by atoms with Gasteiger partial charge >= 0.3 is 0 Å². The molecule has 0 spiro atoms. The number of aromatic nitrogens is 1. The molecule has 0 aliphatic carbocycles. The minimum Gasteiger partial charge on any atom is -0.236 e. The van der Waals surface area contributed by atoms with E-state index in [2.05, 4.69) is 4.98 Å². The fourth-order valence-corrected chi connectivity index (χ4v) is 1.67. The summed E-state index contributed by atoms with van der Waals surface area (Å²) in [5, 5.41) is 1.29. The lowest BCUT2D eigenvalue weighted by Gasteiger charge is -2.01. The largest absolute Gasteiger partial charge is 0.236 e. The zero-order valence-corrected chi connectivity index (χ0v) is 8.02. The molecule has 0 fully saturated rings. The monoisotopic (exact) mass is 214 g/mol. The quantitative estimate of drug-likeness (QED) is 0.608. The van der Waals surface area contributed by atoms with Gasteiger partial charge in [0.05, 0.1) is 10.5 Å². The fraction of sp³-hybridized carbons (Fsp3) is 0.100. The average Bonchev–Trinajstić information content (AvgIpc) is 2.15. The molecule has 2 rings (SSSR count). The van der Waals surface area contributed by atoms with Gasteiger partial charge in [0.15, 0.2) is 0 Å². The van der Waals surface area contributed by atoms with Gasteiger partial charge < -0.3 is 0 Å². The zero-order valence-electron chi connectivity index (χ0n) is 9.51. The lowest BCUT2D eigenvalue weighted by Crippen LogP contribution is -1.82. The number of pyridine rings is 1. The normalized spacial score (nSPS) is 15.1. The van der Waals surface area contributed by atoms with Crippen molar-refractivity contribution in [3.05, 3.63) is 40.0 Å². The summed E-state index contributed by atoms with van der Waals surface area (Å²) >= 11 is 11.7. The molecule has 1 aromatic carbocycles. The predicted octanol–water partition coefficient (Wildman–Crippen LogP) is 3.85. The Morgan fingerprint density at radius 1 is 1.31 bits per heavy atom. The van der Waals surface area contributed by atoms with Crippen molar-refractivity contribution in [3.8, 4) is 0 Å². The van der Waals surface area contributed by atoms with Crippen molar-refractivity contribution >= 4 is 34.1 Å². The Morgan fingerprint density at radius 2 is 2.15 bits per heavy atom. The zero-order chi connectivity index (χ0) is 11.9. The van der Waals surface area contributed by atoms with E-state index in [4.69, 9.17) is 27.3 Å². The number of halogens is 2. The molecule has 1 aromatic heterocycles. The molecule has 0 atom stereocenters. The number of aryl methyl sites for hydroxylation is 1. The maximum Gasteiger partial charge on any atom is 0.131 e. The van der Waals surface area contributed by atoms with Gasteiger partial charge in [-0.2, -0.15) is 0 Å². The van der Waals surface area contributed by atoms with Crippen LogP contribution in [0.25, 0.3) is 10.9 Å². The molecule has 0 bridgehead atoms. The standard InChI is InChI=1S/C10H7Cl2N/c1-6-2-3-9-7(4-6)8(11)5-10(12)13-9/h2-5H,1H3/i1D3. The van der Waals surface area contributed by atoms with Gasteiger partial charge in [0.25, 0.3) is 0 Å². The van der Waals surface area contributed by atoms with Gasteiger partial charge in [-0.1, -0.05) is 34.8 Å². The molecule has 0 unspecified atom stereocenters. The van der Waals surface area contributed by atoms with E-state index < -0.39 is 6.85 Å². The summed E-state index contributed by atoms with van der Waals surface area (Å²) in [7, 11) is 0. The van der Waals surface area contributed by atoms with Crippen molar-refractivity contribution in [2.75, 3.05) is 0 Å². The lowest BCUT2D eigenvalue weighted by atomic mass is 10.1. The van der Waals surface area contributed by atoms with Crippen LogP contribution in [0.1, 0.15) is 9.68 Å². The van der Waals surface area contributed by atoms with Gasteiger partial charge in [-0.3, -0.25) is 0 Å². The first kappa shape index (κ1) is 5.84. The molecule has 0 aliphatic rings. The summed E-state index contributed by atoms with van der Waals surface area (Å²) in [5.74, 6) is 0. The molecular weight excluding hydrogens is 205 g/mol. The molecule has 66 valence electrons. The highest BCUT2D eigenvalue weighted by molar-refractivity contribution is 6.37. The Balaban J connectivity index is 2.72. The number of hydrogen-bond acceptors (Lipinski definition) is 1. The second-order valence-corrected chi connectivity index (χ2v) is 3.45. The van der Waals surface area contributed by atoms with Crippen molar-refractivity contribution < 1.29 is 4.11 Å². The van der Waals surface area contributed by atoms with Crippen molar-refractivity contribution in [3.63, 3.8) is 0 Å². The molecule has 0 saturated carbocycles. The van der Waals surface area contributed by atoms with Crippen LogP contribution in [-0.4, -0.2) is 4.98 Å². The van der Waals surface area contributed by atoms with Gasteiger partial charge in [-0.15, -0.1) is 0 Å². The van der Waals surface area contributed by atoms with Crippen LogP contribution >= 0.6 is 23.2 Å². The molecule has 0 aliphatic heterocycles. The van der Waals surface area contributed by atoms with Crippen LogP contribution in [0.15, 0.2) is 24.3 Å². The van der Waals surface area contributed by atoms with Crippen LogP contribution in [0.3, 0.4) is 0 Å². The Hall–Kier alpha value is -0.790. The van der Waals surface area contributed by atoms with Gasteiger partial charge in [0, 0.05) is 9.50 Å². The first-order valence-corrected chi connectivity index (χ1v) is 4.40. The van der Waals surface area contributed by atoms with Crippen LogP contribution in [0, 0.1) is 6.85 Å². The third-order valence-electron chi connectivity index (χ3n) is 1.73. The third-order valence-corrected chi connectivity index (χ3v) is 2.23.